The number of carbonyl (C=O) groups excluding carboxylic acids is 2. The molecule has 0 aromatic heterocycles. The average Bonchev–Trinajstić information content (AvgIpc) is 2.43. The SMILES string of the molecule is COC(=O)C1CCCNC1CC[C@@H](C)C(=O)OC. The number of nitrogens with one attached hydrogen (secondary N) is 1. The molecule has 3 atom stereocenters. The summed E-state index contributed by atoms with van der Waals surface area (Å²) in [5.41, 5.74) is 0. The Balaban J connectivity index is 2.47. The Kier molecular flexibility index (Phi) is 6.12. The molecule has 2 unspecified atom stereocenters. The van der Waals surface area contributed by atoms with E-state index >= 15 is 0 Å². The molecule has 1 aliphatic heterocycles. The molecule has 0 aromatic carbocycles. The van der Waals surface area contributed by atoms with Crippen LogP contribution in [-0.2, 0) is 19.1 Å². The molecule has 0 saturated carbocycles. The first kappa shape index (κ1) is 15.0. The van der Waals surface area contributed by atoms with Gasteiger partial charge in [0.25, 0.3) is 0 Å². The third-order valence-electron chi connectivity index (χ3n) is 3.60. The molecule has 1 saturated heterocycles. The summed E-state index contributed by atoms with van der Waals surface area (Å²) in [7, 11) is 2.82. The Labute approximate surface area is 108 Å². The quantitative estimate of drug-likeness (QED) is 0.748. The fraction of sp³-hybridized carbons (Fsp3) is 0.846. The normalized spacial score (nSPS) is 25.3. The summed E-state index contributed by atoms with van der Waals surface area (Å²) in [6.45, 7) is 2.77. The molecule has 1 fully saturated rings. The van der Waals surface area contributed by atoms with E-state index in [-0.39, 0.29) is 29.8 Å². The minimum Gasteiger partial charge on any atom is -0.469 e. The Bertz CT molecular complexity index is 293. The molecule has 0 amide bonds. The number of rotatable bonds is 5. The second-order valence-corrected chi connectivity index (χ2v) is 4.83. The molecule has 5 heteroatoms. The van der Waals surface area contributed by atoms with Crippen LogP contribution in [-0.4, -0.2) is 38.7 Å². The van der Waals surface area contributed by atoms with Gasteiger partial charge in [0, 0.05) is 6.04 Å². The number of ether oxygens (including phenoxy) is 2. The van der Waals surface area contributed by atoms with Gasteiger partial charge in [0.05, 0.1) is 26.1 Å². The third kappa shape index (κ3) is 3.98. The van der Waals surface area contributed by atoms with E-state index in [1.165, 1.54) is 14.2 Å². The fourth-order valence-electron chi connectivity index (χ4n) is 2.44. The maximum Gasteiger partial charge on any atom is 0.310 e. The maximum absolute atomic E-state index is 11.7. The molecule has 1 aliphatic rings. The van der Waals surface area contributed by atoms with Crippen molar-refractivity contribution < 1.29 is 19.1 Å². The van der Waals surface area contributed by atoms with Gasteiger partial charge in [-0.05, 0) is 32.2 Å². The first-order chi connectivity index (χ1) is 8.60. The lowest BCUT2D eigenvalue weighted by Gasteiger charge is -2.31. The van der Waals surface area contributed by atoms with Crippen molar-refractivity contribution in [3.05, 3.63) is 0 Å². The summed E-state index contributed by atoms with van der Waals surface area (Å²) in [5, 5.41) is 3.34. The van der Waals surface area contributed by atoms with Crippen molar-refractivity contribution in [2.24, 2.45) is 11.8 Å². The first-order valence-corrected chi connectivity index (χ1v) is 6.49. The predicted octanol–water partition coefficient (Wildman–Crippen LogP) is 1.12. The predicted molar refractivity (Wildman–Crippen MR) is 66.9 cm³/mol. The topological polar surface area (TPSA) is 64.6 Å². The van der Waals surface area contributed by atoms with Gasteiger partial charge in [-0.2, -0.15) is 0 Å². The summed E-state index contributed by atoms with van der Waals surface area (Å²) in [4.78, 5) is 23.0. The summed E-state index contributed by atoms with van der Waals surface area (Å²) in [6.07, 6.45) is 3.35. The molecule has 0 bridgehead atoms. The van der Waals surface area contributed by atoms with Gasteiger partial charge in [-0.3, -0.25) is 9.59 Å². The number of methoxy groups -OCH3 is 2. The number of hydrogen-bond acceptors (Lipinski definition) is 5. The highest BCUT2D eigenvalue weighted by molar-refractivity contribution is 5.73. The van der Waals surface area contributed by atoms with Crippen LogP contribution in [0.4, 0.5) is 0 Å². The lowest BCUT2D eigenvalue weighted by atomic mass is 9.86. The molecule has 0 aromatic rings. The van der Waals surface area contributed by atoms with Crippen LogP contribution in [0.3, 0.4) is 0 Å². The maximum atomic E-state index is 11.7. The largest absolute Gasteiger partial charge is 0.469 e. The van der Waals surface area contributed by atoms with Crippen LogP contribution in [0.25, 0.3) is 0 Å². The smallest absolute Gasteiger partial charge is 0.310 e. The van der Waals surface area contributed by atoms with Gasteiger partial charge in [0.1, 0.15) is 0 Å². The molecule has 18 heavy (non-hydrogen) atoms. The fourth-order valence-corrected chi connectivity index (χ4v) is 2.44. The minimum atomic E-state index is -0.194. The van der Waals surface area contributed by atoms with Gasteiger partial charge < -0.3 is 14.8 Å². The van der Waals surface area contributed by atoms with Crippen molar-refractivity contribution in [3.8, 4) is 0 Å². The number of esters is 2. The van der Waals surface area contributed by atoms with E-state index < -0.39 is 0 Å². The molecule has 5 nitrogen and oxygen atoms in total. The Hall–Kier alpha value is -1.10. The van der Waals surface area contributed by atoms with Crippen LogP contribution in [0.5, 0.6) is 0 Å². The molecule has 1 rings (SSSR count). The van der Waals surface area contributed by atoms with Crippen LogP contribution in [0, 0.1) is 11.8 Å². The van der Waals surface area contributed by atoms with Crippen molar-refractivity contribution in [3.63, 3.8) is 0 Å². The Morgan fingerprint density at radius 1 is 1.33 bits per heavy atom. The number of carbonyl (C=O) groups is 2. The second kappa shape index (κ2) is 7.36. The average molecular weight is 257 g/mol. The highest BCUT2D eigenvalue weighted by Gasteiger charge is 2.31. The zero-order chi connectivity index (χ0) is 13.5. The molecule has 0 radical (unpaired) electrons. The molecule has 0 aliphatic carbocycles. The van der Waals surface area contributed by atoms with Crippen LogP contribution < -0.4 is 5.32 Å². The van der Waals surface area contributed by atoms with Gasteiger partial charge >= 0.3 is 11.9 Å². The third-order valence-corrected chi connectivity index (χ3v) is 3.60. The lowest BCUT2D eigenvalue weighted by molar-refractivity contribution is -0.147. The van der Waals surface area contributed by atoms with E-state index in [1.807, 2.05) is 6.92 Å². The van der Waals surface area contributed by atoms with E-state index in [0.29, 0.717) is 0 Å². The second-order valence-electron chi connectivity index (χ2n) is 4.83. The molecule has 104 valence electrons. The Morgan fingerprint density at radius 3 is 2.67 bits per heavy atom. The first-order valence-electron chi connectivity index (χ1n) is 6.49. The van der Waals surface area contributed by atoms with Crippen LogP contribution in [0.1, 0.15) is 32.6 Å². The van der Waals surface area contributed by atoms with Crippen LogP contribution in [0.15, 0.2) is 0 Å². The molecule has 0 spiro atoms. The van der Waals surface area contributed by atoms with Gasteiger partial charge in [-0.15, -0.1) is 0 Å². The summed E-state index contributed by atoms with van der Waals surface area (Å²) >= 11 is 0. The summed E-state index contributed by atoms with van der Waals surface area (Å²) in [6, 6.07) is 0.110. The molecule has 1 N–H and O–H groups in total. The summed E-state index contributed by atoms with van der Waals surface area (Å²) < 4.78 is 9.52. The van der Waals surface area contributed by atoms with Crippen molar-refractivity contribution in [1.82, 2.24) is 5.32 Å². The van der Waals surface area contributed by atoms with Crippen LogP contribution >= 0.6 is 0 Å². The Morgan fingerprint density at radius 2 is 2.06 bits per heavy atom. The van der Waals surface area contributed by atoms with E-state index in [2.05, 4.69) is 5.32 Å². The van der Waals surface area contributed by atoms with E-state index in [0.717, 1.165) is 32.2 Å². The van der Waals surface area contributed by atoms with Gasteiger partial charge in [0.15, 0.2) is 0 Å². The highest BCUT2D eigenvalue weighted by atomic mass is 16.5. The monoisotopic (exact) mass is 257 g/mol. The number of piperidine rings is 1. The summed E-state index contributed by atoms with van der Waals surface area (Å²) in [5.74, 6) is -0.566. The molecular weight excluding hydrogens is 234 g/mol. The van der Waals surface area contributed by atoms with Crippen molar-refractivity contribution in [1.29, 1.82) is 0 Å². The zero-order valence-electron chi connectivity index (χ0n) is 11.4. The zero-order valence-corrected chi connectivity index (χ0v) is 11.4. The standard InChI is InChI=1S/C13H23NO4/c1-9(12(15)17-2)6-7-11-10(13(16)18-3)5-4-8-14-11/h9-11,14H,4-8H2,1-3H3/t9-,10?,11?/m1/s1. The van der Waals surface area contributed by atoms with Crippen molar-refractivity contribution in [2.45, 2.75) is 38.6 Å². The molecular formula is C13H23NO4. The van der Waals surface area contributed by atoms with Crippen molar-refractivity contribution >= 4 is 11.9 Å². The number of hydrogen-bond donors (Lipinski definition) is 1. The highest BCUT2D eigenvalue weighted by Crippen LogP contribution is 2.23. The van der Waals surface area contributed by atoms with E-state index in [4.69, 9.17) is 9.47 Å². The van der Waals surface area contributed by atoms with Gasteiger partial charge in [-0.1, -0.05) is 6.92 Å². The van der Waals surface area contributed by atoms with Crippen molar-refractivity contribution in [2.75, 3.05) is 20.8 Å². The minimum absolute atomic E-state index is 0.0893. The van der Waals surface area contributed by atoms with Crippen LogP contribution in [0.2, 0.25) is 0 Å². The van der Waals surface area contributed by atoms with Gasteiger partial charge in [-0.25, -0.2) is 0 Å². The van der Waals surface area contributed by atoms with E-state index in [1.54, 1.807) is 0 Å². The lowest BCUT2D eigenvalue weighted by Crippen LogP contribution is -2.45. The van der Waals surface area contributed by atoms with Gasteiger partial charge in [0.2, 0.25) is 0 Å². The molecule has 1 heterocycles. The van der Waals surface area contributed by atoms with E-state index in [9.17, 15) is 9.59 Å².